The number of rotatable bonds is 6. The van der Waals surface area contributed by atoms with E-state index in [1.165, 1.54) is 0 Å². The van der Waals surface area contributed by atoms with Crippen LogP contribution in [0.25, 0.3) is 0 Å². The maximum absolute atomic E-state index is 5.37. The summed E-state index contributed by atoms with van der Waals surface area (Å²) in [7, 11) is 1.60. The maximum atomic E-state index is 5.37. The second-order valence-corrected chi connectivity index (χ2v) is 3.77. The molecule has 1 aromatic carbocycles. The molecule has 0 saturated heterocycles. The van der Waals surface area contributed by atoms with Gasteiger partial charge in [0.1, 0.15) is 0 Å². The lowest BCUT2D eigenvalue weighted by Crippen LogP contribution is -2.14. The summed E-state index contributed by atoms with van der Waals surface area (Å²) in [6, 6.07) is 15.6. The van der Waals surface area contributed by atoms with Gasteiger partial charge in [-0.25, -0.2) is 4.98 Å². The summed E-state index contributed by atoms with van der Waals surface area (Å²) in [6.45, 7) is 1.08. The van der Waals surface area contributed by atoms with Crippen LogP contribution in [0, 0.1) is 0 Å². The molecule has 0 aliphatic rings. The predicted octanol–water partition coefficient (Wildman–Crippen LogP) is 2.31. The first kappa shape index (κ1) is 12.5. The van der Waals surface area contributed by atoms with Crippen molar-refractivity contribution in [1.82, 2.24) is 10.5 Å². The first-order valence-corrected chi connectivity index (χ1v) is 5.77. The van der Waals surface area contributed by atoms with Crippen molar-refractivity contribution in [3.05, 3.63) is 59.8 Å². The number of hydroxylamine groups is 1. The molecule has 0 saturated carbocycles. The molecule has 0 aliphatic heterocycles. The van der Waals surface area contributed by atoms with Gasteiger partial charge in [0, 0.05) is 6.07 Å². The fourth-order valence-corrected chi connectivity index (χ4v) is 1.50. The number of hydrogen-bond donors (Lipinski definition) is 1. The third-order valence-electron chi connectivity index (χ3n) is 2.43. The summed E-state index contributed by atoms with van der Waals surface area (Å²) in [5.74, 6) is 0.609. The Hall–Kier alpha value is -1.91. The molecule has 0 amide bonds. The lowest BCUT2D eigenvalue weighted by molar-refractivity contribution is 0.0228. The van der Waals surface area contributed by atoms with Crippen LogP contribution in [-0.4, -0.2) is 12.1 Å². The third-order valence-corrected chi connectivity index (χ3v) is 2.43. The minimum Gasteiger partial charge on any atom is -0.481 e. The fraction of sp³-hybridized carbons (Fsp3) is 0.214. The summed E-state index contributed by atoms with van der Waals surface area (Å²) in [5, 5.41) is 0. The highest BCUT2D eigenvalue weighted by atomic mass is 16.6. The van der Waals surface area contributed by atoms with E-state index in [0.717, 1.165) is 11.3 Å². The van der Waals surface area contributed by atoms with Crippen LogP contribution >= 0.6 is 0 Å². The number of benzene rings is 1. The molecule has 0 fully saturated rings. The van der Waals surface area contributed by atoms with Gasteiger partial charge in [0.15, 0.2) is 0 Å². The van der Waals surface area contributed by atoms with Crippen LogP contribution in [0.2, 0.25) is 0 Å². The minimum atomic E-state index is 0.533. The number of nitrogens with one attached hydrogen (secondary N) is 1. The molecule has 2 aromatic rings. The first-order valence-electron chi connectivity index (χ1n) is 5.77. The molecule has 1 aromatic heterocycles. The van der Waals surface area contributed by atoms with E-state index in [4.69, 9.17) is 9.57 Å². The van der Waals surface area contributed by atoms with Crippen LogP contribution in [0.1, 0.15) is 11.3 Å². The molecule has 18 heavy (non-hydrogen) atoms. The topological polar surface area (TPSA) is 43.4 Å². The van der Waals surface area contributed by atoms with Crippen molar-refractivity contribution in [2.75, 3.05) is 7.11 Å². The Balaban J connectivity index is 1.75. The molecule has 1 heterocycles. The van der Waals surface area contributed by atoms with E-state index in [9.17, 15) is 0 Å². The zero-order valence-corrected chi connectivity index (χ0v) is 10.3. The molecule has 2 rings (SSSR count). The van der Waals surface area contributed by atoms with Crippen LogP contribution in [0.15, 0.2) is 48.5 Å². The van der Waals surface area contributed by atoms with Crippen molar-refractivity contribution >= 4 is 0 Å². The van der Waals surface area contributed by atoms with E-state index in [0.29, 0.717) is 19.0 Å². The molecular weight excluding hydrogens is 228 g/mol. The van der Waals surface area contributed by atoms with Gasteiger partial charge in [-0.05, 0) is 11.6 Å². The maximum Gasteiger partial charge on any atom is 0.213 e. The Kier molecular flexibility index (Phi) is 4.69. The van der Waals surface area contributed by atoms with Crippen LogP contribution in [0.5, 0.6) is 5.88 Å². The average Bonchev–Trinajstić information content (AvgIpc) is 2.45. The van der Waals surface area contributed by atoms with Gasteiger partial charge >= 0.3 is 0 Å². The SMILES string of the molecule is COc1cccc(CNOCc2ccccc2)n1. The normalized spacial score (nSPS) is 10.3. The Labute approximate surface area is 107 Å². The monoisotopic (exact) mass is 244 g/mol. The second kappa shape index (κ2) is 6.74. The Morgan fingerprint density at radius 3 is 2.67 bits per heavy atom. The van der Waals surface area contributed by atoms with E-state index in [2.05, 4.69) is 10.5 Å². The molecule has 0 atom stereocenters. The summed E-state index contributed by atoms with van der Waals surface area (Å²) in [5.41, 5.74) is 4.89. The molecule has 0 unspecified atom stereocenters. The predicted molar refractivity (Wildman–Crippen MR) is 68.9 cm³/mol. The number of aromatic nitrogens is 1. The first-order chi connectivity index (χ1) is 8.88. The lowest BCUT2D eigenvalue weighted by atomic mass is 10.2. The third kappa shape index (κ3) is 3.84. The van der Waals surface area contributed by atoms with Crippen molar-refractivity contribution in [3.8, 4) is 5.88 Å². The second-order valence-electron chi connectivity index (χ2n) is 3.77. The highest BCUT2D eigenvalue weighted by Gasteiger charge is 1.97. The summed E-state index contributed by atoms with van der Waals surface area (Å²) < 4.78 is 5.05. The highest BCUT2D eigenvalue weighted by molar-refractivity contribution is 5.15. The summed E-state index contributed by atoms with van der Waals surface area (Å²) in [6.07, 6.45) is 0. The molecule has 0 bridgehead atoms. The fourth-order valence-electron chi connectivity index (χ4n) is 1.50. The van der Waals surface area contributed by atoms with E-state index in [1.807, 2.05) is 48.5 Å². The van der Waals surface area contributed by atoms with Crippen molar-refractivity contribution in [2.45, 2.75) is 13.2 Å². The molecule has 1 N–H and O–H groups in total. The Bertz CT molecular complexity index is 474. The molecular formula is C14H16N2O2. The lowest BCUT2D eigenvalue weighted by Gasteiger charge is -2.06. The van der Waals surface area contributed by atoms with Gasteiger partial charge in [0.2, 0.25) is 5.88 Å². The van der Waals surface area contributed by atoms with Crippen molar-refractivity contribution < 1.29 is 9.57 Å². The van der Waals surface area contributed by atoms with Gasteiger partial charge in [-0.15, -0.1) is 0 Å². The van der Waals surface area contributed by atoms with Gasteiger partial charge < -0.3 is 4.74 Å². The average molecular weight is 244 g/mol. The smallest absolute Gasteiger partial charge is 0.213 e. The highest BCUT2D eigenvalue weighted by Crippen LogP contribution is 2.06. The molecule has 4 nitrogen and oxygen atoms in total. The standard InChI is InChI=1S/C14H16N2O2/c1-17-14-9-5-8-13(16-14)10-15-18-11-12-6-3-2-4-7-12/h2-9,15H,10-11H2,1H3. The minimum absolute atomic E-state index is 0.533. The zero-order valence-electron chi connectivity index (χ0n) is 10.3. The van der Waals surface area contributed by atoms with E-state index >= 15 is 0 Å². The van der Waals surface area contributed by atoms with Gasteiger partial charge in [0.05, 0.1) is 26.0 Å². The van der Waals surface area contributed by atoms with Crippen LogP contribution in [-0.2, 0) is 18.0 Å². The summed E-state index contributed by atoms with van der Waals surface area (Å²) >= 11 is 0. The number of pyridine rings is 1. The largest absolute Gasteiger partial charge is 0.481 e. The van der Waals surface area contributed by atoms with Crippen molar-refractivity contribution in [2.24, 2.45) is 0 Å². The zero-order chi connectivity index (χ0) is 12.6. The van der Waals surface area contributed by atoms with Gasteiger partial charge in [0.25, 0.3) is 0 Å². The Morgan fingerprint density at radius 2 is 1.89 bits per heavy atom. The number of methoxy groups -OCH3 is 1. The van der Waals surface area contributed by atoms with Gasteiger partial charge in [-0.2, -0.15) is 5.48 Å². The molecule has 94 valence electrons. The van der Waals surface area contributed by atoms with Crippen LogP contribution < -0.4 is 10.2 Å². The van der Waals surface area contributed by atoms with Crippen molar-refractivity contribution in [1.29, 1.82) is 0 Å². The quantitative estimate of drug-likeness (QED) is 0.625. The Morgan fingerprint density at radius 1 is 1.06 bits per heavy atom. The van der Waals surface area contributed by atoms with Gasteiger partial charge in [-0.3, -0.25) is 4.84 Å². The number of hydrogen-bond acceptors (Lipinski definition) is 4. The molecule has 0 aliphatic carbocycles. The van der Waals surface area contributed by atoms with Crippen LogP contribution in [0.4, 0.5) is 0 Å². The molecule has 4 heteroatoms. The number of nitrogens with zero attached hydrogens (tertiary/aromatic N) is 1. The summed E-state index contributed by atoms with van der Waals surface area (Å²) in [4.78, 5) is 9.64. The molecule has 0 radical (unpaired) electrons. The van der Waals surface area contributed by atoms with Gasteiger partial charge in [-0.1, -0.05) is 36.4 Å². The van der Waals surface area contributed by atoms with E-state index < -0.39 is 0 Å². The van der Waals surface area contributed by atoms with E-state index in [1.54, 1.807) is 7.11 Å². The molecule has 0 spiro atoms. The van der Waals surface area contributed by atoms with E-state index in [-0.39, 0.29) is 0 Å². The van der Waals surface area contributed by atoms with Crippen molar-refractivity contribution in [3.63, 3.8) is 0 Å². The van der Waals surface area contributed by atoms with Crippen LogP contribution in [0.3, 0.4) is 0 Å². The number of ether oxygens (including phenoxy) is 1.